The van der Waals surface area contributed by atoms with E-state index in [1.807, 2.05) is 24.3 Å². The quantitative estimate of drug-likeness (QED) is 0.745. The van der Waals surface area contributed by atoms with E-state index in [1.54, 1.807) is 0 Å². The van der Waals surface area contributed by atoms with Gasteiger partial charge in [-0.2, -0.15) is 12.6 Å². The third-order valence-electron chi connectivity index (χ3n) is 3.20. The molecular weight excluding hydrogens is 256 g/mol. The summed E-state index contributed by atoms with van der Waals surface area (Å²) < 4.78 is 11.6. The summed E-state index contributed by atoms with van der Waals surface area (Å²) in [5.74, 6) is 2.89. The first-order chi connectivity index (χ1) is 8.99. The van der Waals surface area contributed by atoms with Crippen molar-refractivity contribution >= 4 is 12.6 Å². The van der Waals surface area contributed by atoms with Crippen molar-refractivity contribution in [3.63, 3.8) is 0 Å². The van der Waals surface area contributed by atoms with E-state index in [1.165, 1.54) is 0 Å². The monoisotopic (exact) mass is 282 g/mol. The van der Waals surface area contributed by atoms with Gasteiger partial charge in [0.05, 0.1) is 13.2 Å². The van der Waals surface area contributed by atoms with Crippen molar-refractivity contribution in [2.45, 2.75) is 34.1 Å². The molecule has 108 valence electrons. The average Bonchev–Trinajstić information content (AvgIpc) is 2.36. The lowest BCUT2D eigenvalue weighted by Crippen LogP contribution is -2.28. The fourth-order valence-electron chi connectivity index (χ4n) is 1.67. The maximum absolute atomic E-state index is 5.94. The zero-order valence-electron chi connectivity index (χ0n) is 12.5. The summed E-state index contributed by atoms with van der Waals surface area (Å²) in [6.45, 7) is 10.1. The van der Waals surface area contributed by atoms with Gasteiger partial charge in [-0.25, -0.2) is 0 Å². The summed E-state index contributed by atoms with van der Waals surface area (Å²) in [4.78, 5) is 0. The van der Waals surface area contributed by atoms with Crippen LogP contribution in [0.25, 0.3) is 0 Å². The van der Waals surface area contributed by atoms with E-state index in [2.05, 4.69) is 40.3 Å². The minimum atomic E-state index is 0.195. The van der Waals surface area contributed by atoms with Crippen LogP contribution in [0.5, 0.6) is 11.5 Å². The van der Waals surface area contributed by atoms with Crippen molar-refractivity contribution in [3.05, 3.63) is 24.3 Å². The molecule has 1 aromatic carbocycles. The van der Waals surface area contributed by atoms with Gasteiger partial charge < -0.3 is 9.47 Å². The van der Waals surface area contributed by atoms with E-state index >= 15 is 0 Å². The van der Waals surface area contributed by atoms with Gasteiger partial charge >= 0.3 is 0 Å². The fourth-order valence-corrected chi connectivity index (χ4v) is 2.32. The Hall–Kier alpha value is -0.830. The molecule has 0 spiro atoms. The van der Waals surface area contributed by atoms with Crippen molar-refractivity contribution in [3.8, 4) is 11.5 Å². The Morgan fingerprint density at radius 2 is 1.68 bits per heavy atom. The summed E-state index contributed by atoms with van der Waals surface area (Å²) in [5, 5.41) is 0. The van der Waals surface area contributed by atoms with E-state index in [9.17, 15) is 0 Å². The molecule has 19 heavy (non-hydrogen) atoms. The molecule has 0 radical (unpaired) electrons. The van der Waals surface area contributed by atoms with E-state index in [0.29, 0.717) is 12.5 Å². The minimum Gasteiger partial charge on any atom is -0.490 e. The van der Waals surface area contributed by atoms with Crippen molar-refractivity contribution in [1.29, 1.82) is 0 Å². The summed E-state index contributed by atoms with van der Waals surface area (Å²) >= 11 is 4.43. The maximum atomic E-state index is 5.94. The van der Waals surface area contributed by atoms with Crippen LogP contribution >= 0.6 is 12.6 Å². The summed E-state index contributed by atoms with van der Waals surface area (Å²) in [6.07, 6.45) is 0.996. The van der Waals surface area contributed by atoms with Crippen LogP contribution in [-0.4, -0.2) is 19.0 Å². The molecule has 0 aromatic heterocycles. The SMILES string of the molecule is CCCOc1ccccc1OCC(CS)C(C)(C)C. The molecule has 0 bridgehead atoms. The topological polar surface area (TPSA) is 18.5 Å². The van der Waals surface area contributed by atoms with Gasteiger partial charge in [0.2, 0.25) is 0 Å². The predicted molar refractivity (Wildman–Crippen MR) is 84.5 cm³/mol. The van der Waals surface area contributed by atoms with Gasteiger partial charge in [0.1, 0.15) is 0 Å². The summed E-state index contributed by atoms with van der Waals surface area (Å²) in [6, 6.07) is 7.86. The van der Waals surface area contributed by atoms with Crippen LogP contribution in [0.15, 0.2) is 24.3 Å². The highest BCUT2D eigenvalue weighted by Crippen LogP contribution is 2.31. The first-order valence-corrected chi connectivity index (χ1v) is 7.57. The number of hydrogen-bond acceptors (Lipinski definition) is 3. The normalized spacial score (nSPS) is 13.1. The molecule has 0 fully saturated rings. The smallest absolute Gasteiger partial charge is 0.161 e. The van der Waals surface area contributed by atoms with Gasteiger partial charge in [0.25, 0.3) is 0 Å². The standard InChI is InChI=1S/C16H26O2S/c1-5-10-17-14-8-6-7-9-15(14)18-11-13(12-19)16(2,3)4/h6-9,13,19H,5,10-12H2,1-4H3. The van der Waals surface area contributed by atoms with Crippen molar-refractivity contribution < 1.29 is 9.47 Å². The predicted octanol–water partition coefficient (Wildman–Crippen LogP) is 4.45. The van der Waals surface area contributed by atoms with E-state index in [0.717, 1.165) is 30.3 Å². The molecule has 0 aliphatic heterocycles. The van der Waals surface area contributed by atoms with E-state index < -0.39 is 0 Å². The maximum Gasteiger partial charge on any atom is 0.161 e. The van der Waals surface area contributed by atoms with Crippen LogP contribution < -0.4 is 9.47 Å². The Kier molecular flexibility index (Phi) is 6.56. The Labute approximate surface area is 122 Å². The van der Waals surface area contributed by atoms with Crippen molar-refractivity contribution in [2.75, 3.05) is 19.0 Å². The second-order valence-electron chi connectivity index (χ2n) is 5.85. The zero-order chi connectivity index (χ0) is 14.3. The molecule has 0 heterocycles. The van der Waals surface area contributed by atoms with Crippen LogP contribution in [0.3, 0.4) is 0 Å². The van der Waals surface area contributed by atoms with Gasteiger partial charge in [0, 0.05) is 5.92 Å². The fraction of sp³-hybridized carbons (Fsp3) is 0.625. The third-order valence-corrected chi connectivity index (χ3v) is 3.64. The molecule has 0 amide bonds. The van der Waals surface area contributed by atoms with Gasteiger partial charge in [-0.1, -0.05) is 39.8 Å². The van der Waals surface area contributed by atoms with Crippen molar-refractivity contribution in [1.82, 2.24) is 0 Å². The van der Waals surface area contributed by atoms with Gasteiger partial charge in [-0.15, -0.1) is 0 Å². The average molecular weight is 282 g/mol. The molecule has 1 atom stereocenters. The molecule has 1 aromatic rings. The van der Waals surface area contributed by atoms with Gasteiger partial charge in [-0.3, -0.25) is 0 Å². The van der Waals surface area contributed by atoms with Crippen LogP contribution in [0.4, 0.5) is 0 Å². The first kappa shape index (κ1) is 16.2. The highest BCUT2D eigenvalue weighted by molar-refractivity contribution is 7.80. The summed E-state index contributed by atoms with van der Waals surface area (Å²) in [7, 11) is 0. The number of hydrogen-bond donors (Lipinski definition) is 1. The molecule has 3 heteroatoms. The number of rotatable bonds is 7. The molecule has 0 saturated heterocycles. The molecule has 0 aliphatic rings. The number of benzene rings is 1. The highest BCUT2D eigenvalue weighted by atomic mass is 32.1. The molecule has 1 rings (SSSR count). The lowest BCUT2D eigenvalue weighted by molar-refractivity contribution is 0.160. The Bertz CT molecular complexity index is 371. The van der Waals surface area contributed by atoms with Crippen LogP contribution in [0.2, 0.25) is 0 Å². The minimum absolute atomic E-state index is 0.195. The Balaban J connectivity index is 2.66. The lowest BCUT2D eigenvalue weighted by atomic mass is 9.82. The zero-order valence-corrected chi connectivity index (χ0v) is 13.4. The van der Waals surface area contributed by atoms with E-state index in [4.69, 9.17) is 9.47 Å². The Morgan fingerprint density at radius 1 is 1.11 bits per heavy atom. The largest absolute Gasteiger partial charge is 0.490 e. The van der Waals surface area contributed by atoms with Gasteiger partial charge in [-0.05, 0) is 29.7 Å². The highest BCUT2D eigenvalue weighted by Gasteiger charge is 2.24. The van der Waals surface area contributed by atoms with Crippen LogP contribution in [0.1, 0.15) is 34.1 Å². The Morgan fingerprint density at radius 3 is 2.16 bits per heavy atom. The lowest BCUT2D eigenvalue weighted by Gasteiger charge is -2.29. The first-order valence-electron chi connectivity index (χ1n) is 6.94. The second-order valence-corrected chi connectivity index (χ2v) is 6.22. The number of ether oxygens (including phenoxy) is 2. The number of thiol groups is 1. The second kappa shape index (κ2) is 7.68. The molecule has 0 N–H and O–H groups in total. The molecule has 1 unspecified atom stereocenters. The molecule has 0 saturated carbocycles. The molecule has 2 nitrogen and oxygen atoms in total. The molecule has 0 aliphatic carbocycles. The summed E-state index contributed by atoms with van der Waals surface area (Å²) in [5.41, 5.74) is 0.195. The number of para-hydroxylation sites is 2. The van der Waals surface area contributed by atoms with Crippen LogP contribution in [0, 0.1) is 11.3 Å². The molecular formula is C16H26O2S. The van der Waals surface area contributed by atoms with Gasteiger partial charge in [0.15, 0.2) is 11.5 Å². The van der Waals surface area contributed by atoms with E-state index in [-0.39, 0.29) is 5.41 Å². The van der Waals surface area contributed by atoms with Crippen LogP contribution in [-0.2, 0) is 0 Å². The third kappa shape index (κ3) is 5.35. The van der Waals surface area contributed by atoms with Crippen molar-refractivity contribution in [2.24, 2.45) is 11.3 Å².